The van der Waals surface area contributed by atoms with E-state index in [1.807, 2.05) is 21.1 Å². The van der Waals surface area contributed by atoms with Gasteiger partial charge in [0.25, 0.3) is 0 Å². The van der Waals surface area contributed by atoms with Crippen LogP contribution in [-0.2, 0) is 32.7 Å². The topological polar surface area (TPSA) is 108 Å². The second-order valence-corrected chi connectivity index (χ2v) is 18.9. The molecule has 2 atom stereocenters. The Bertz CT molecular complexity index is 1280. The third-order valence-corrected chi connectivity index (χ3v) is 11.2. The minimum absolute atomic E-state index is 0.0149. The molecule has 0 heterocycles. The van der Waals surface area contributed by atoms with Crippen molar-refractivity contribution in [2.75, 3.05) is 47.5 Å². The Hall–Kier alpha value is -2.55. The number of phosphoric ester groups is 1. The fourth-order valence-corrected chi connectivity index (χ4v) is 7.12. The molecule has 1 N–H and O–H groups in total. The van der Waals surface area contributed by atoms with Crippen LogP contribution in [0.1, 0.15) is 194 Å². The van der Waals surface area contributed by atoms with E-state index in [4.69, 9.17) is 18.5 Å². The van der Waals surface area contributed by atoms with Crippen LogP contribution in [0.4, 0.5) is 0 Å². The van der Waals surface area contributed by atoms with Gasteiger partial charge in [0.15, 0.2) is 6.10 Å². The number of nitrogens with zero attached hydrogens (tertiary/aromatic N) is 1. The van der Waals surface area contributed by atoms with Crippen molar-refractivity contribution in [3.05, 3.63) is 72.9 Å². The Morgan fingerprint density at radius 2 is 0.952 bits per heavy atom. The number of phosphoric acid groups is 1. The lowest BCUT2D eigenvalue weighted by atomic mass is 10.0. The average Bonchev–Trinajstić information content (AvgIpc) is 3.23. The highest BCUT2D eigenvalue weighted by Gasteiger charge is 2.27. The Morgan fingerprint density at radius 1 is 0.516 bits per heavy atom. The first-order chi connectivity index (χ1) is 30.0. The standard InChI is InChI=1S/C52H92NO8P/c1-6-8-10-12-14-16-18-20-22-23-24-25-26-27-28-29-31-33-35-37-39-41-43-45-52(55)61-50(49-60-62(56,57)59-47-46-53(3,4)5)48-58-51(54)44-42-40-38-36-34-32-30-21-19-17-15-13-11-9-7-2/h9,11,15,17,21,29-31,34,36-37,39,50H,6-8,10,12-14,16,18-20,22-28,32-33,35,38,40-49H2,1-5H3/p+1/b11-9+,17-15+,30-21+,31-29+,36-34+,39-37+/t50-/m1/s1. The van der Waals surface area contributed by atoms with Crippen LogP contribution in [0.3, 0.4) is 0 Å². The zero-order chi connectivity index (χ0) is 45.7. The van der Waals surface area contributed by atoms with E-state index in [1.54, 1.807) is 0 Å². The first-order valence-electron chi connectivity index (χ1n) is 24.7. The maximum atomic E-state index is 12.7. The summed E-state index contributed by atoms with van der Waals surface area (Å²) in [6, 6.07) is 0. The van der Waals surface area contributed by atoms with Crippen molar-refractivity contribution < 1.29 is 42.1 Å². The van der Waals surface area contributed by atoms with Crippen molar-refractivity contribution in [1.82, 2.24) is 0 Å². The third kappa shape index (κ3) is 46.9. The van der Waals surface area contributed by atoms with Gasteiger partial charge in [-0.3, -0.25) is 18.6 Å². The van der Waals surface area contributed by atoms with Crippen LogP contribution < -0.4 is 0 Å². The number of hydrogen-bond donors (Lipinski definition) is 1. The van der Waals surface area contributed by atoms with E-state index in [0.29, 0.717) is 23.9 Å². The average molecular weight is 891 g/mol. The normalized spacial score (nSPS) is 14.1. The first kappa shape index (κ1) is 59.5. The van der Waals surface area contributed by atoms with Gasteiger partial charge in [0.05, 0.1) is 27.7 Å². The van der Waals surface area contributed by atoms with Gasteiger partial charge in [-0.25, -0.2) is 4.57 Å². The van der Waals surface area contributed by atoms with Crippen LogP contribution in [-0.4, -0.2) is 74.9 Å². The molecule has 0 radical (unpaired) electrons. The molecule has 0 fully saturated rings. The molecule has 1 unspecified atom stereocenters. The lowest BCUT2D eigenvalue weighted by molar-refractivity contribution is -0.870. The molecule has 0 aliphatic heterocycles. The minimum atomic E-state index is -4.40. The molecule has 0 bridgehead atoms. The summed E-state index contributed by atoms with van der Waals surface area (Å²) < 4.78 is 34.3. The maximum absolute atomic E-state index is 12.7. The highest BCUT2D eigenvalue weighted by atomic mass is 31.2. The number of hydrogen-bond acceptors (Lipinski definition) is 7. The van der Waals surface area contributed by atoms with E-state index < -0.39 is 32.5 Å². The molecule has 62 heavy (non-hydrogen) atoms. The van der Waals surface area contributed by atoms with E-state index in [9.17, 15) is 19.0 Å². The van der Waals surface area contributed by atoms with Gasteiger partial charge in [0.2, 0.25) is 0 Å². The molecule has 0 aromatic heterocycles. The molecule has 358 valence electrons. The Morgan fingerprint density at radius 3 is 1.48 bits per heavy atom. The summed E-state index contributed by atoms with van der Waals surface area (Å²) in [6.07, 6.45) is 55.5. The molecular formula is C52H93NO8P+. The van der Waals surface area contributed by atoms with E-state index in [1.165, 1.54) is 89.9 Å². The number of carbonyl (C=O) groups is 2. The van der Waals surface area contributed by atoms with Crippen molar-refractivity contribution in [3.8, 4) is 0 Å². The second kappa shape index (κ2) is 43.7. The lowest BCUT2D eigenvalue weighted by Gasteiger charge is -2.24. The van der Waals surface area contributed by atoms with Crippen LogP contribution in [0.2, 0.25) is 0 Å². The number of unbranched alkanes of at least 4 members (excludes halogenated alkanes) is 18. The molecule has 10 heteroatoms. The van der Waals surface area contributed by atoms with Crippen LogP contribution in [0.25, 0.3) is 0 Å². The Balaban J connectivity index is 4.37. The van der Waals surface area contributed by atoms with Crippen molar-refractivity contribution >= 4 is 19.8 Å². The fraction of sp³-hybridized carbons (Fsp3) is 0.731. The molecule has 0 rings (SSSR count). The maximum Gasteiger partial charge on any atom is 0.472 e. The van der Waals surface area contributed by atoms with Gasteiger partial charge in [-0.15, -0.1) is 0 Å². The number of rotatable bonds is 44. The lowest BCUT2D eigenvalue weighted by Crippen LogP contribution is -2.37. The number of quaternary nitrogens is 1. The van der Waals surface area contributed by atoms with Gasteiger partial charge in [-0.05, 0) is 83.5 Å². The molecule has 0 saturated heterocycles. The van der Waals surface area contributed by atoms with Gasteiger partial charge in [0.1, 0.15) is 19.8 Å². The number of ether oxygens (including phenoxy) is 2. The van der Waals surface area contributed by atoms with Crippen molar-refractivity contribution in [2.45, 2.75) is 200 Å². The highest BCUT2D eigenvalue weighted by molar-refractivity contribution is 7.47. The van der Waals surface area contributed by atoms with Crippen molar-refractivity contribution in [3.63, 3.8) is 0 Å². The van der Waals surface area contributed by atoms with Crippen LogP contribution in [0, 0.1) is 0 Å². The van der Waals surface area contributed by atoms with Crippen LogP contribution in [0.5, 0.6) is 0 Å². The number of likely N-dealkylation sites (N-methyl/N-ethyl adjacent to an activating group) is 1. The minimum Gasteiger partial charge on any atom is -0.462 e. The molecule has 0 aromatic rings. The summed E-state index contributed by atoms with van der Waals surface area (Å²) in [5.41, 5.74) is 0. The molecule has 0 saturated carbocycles. The number of carbonyl (C=O) groups excluding carboxylic acids is 2. The molecule has 0 aliphatic rings. The second-order valence-electron chi connectivity index (χ2n) is 17.5. The summed E-state index contributed by atoms with van der Waals surface area (Å²) >= 11 is 0. The van der Waals surface area contributed by atoms with E-state index in [0.717, 1.165) is 64.2 Å². The first-order valence-corrected chi connectivity index (χ1v) is 26.2. The van der Waals surface area contributed by atoms with E-state index >= 15 is 0 Å². The zero-order valence-corrected chi connectivity index (χ0v) is 41.2. The summed E-state index contributed by atoms with van der Waals surface area (Å²) in [6.45, 7) is 4.22. The predicted octanol–water partition coefficient (Wildman–Crippen LogP) is 14.6. The van der Waals surface area contributed by atoms with Crippen LogP contribution >= 0.6 is 7.82 Å². The molecule has 0 spiro atoms. The Kier molecular flexibility index (Phi) is 41.9. The smallest absolute Gasteiger partial charge is 0.462 e. The molecule has 9 nitrogen and oxygen atoms in total. The number of esters is 2. The fourth-order valence-electron chi connectivity index (χ4n) is 6.38. The largest absolute Gasteiger partial charge is 0.472 e. The van der Waals surface area contributed by atoms with Gasteiger partial charge in [-0.2, -0.15) is 0 Å². The van der Waals surface area contributed by atoms with Gasteiger partial charge >= 0.3 is 19.8 Å². The molecule has 0 aromatic carbocycles. The zero-order valence-electron chi connectivity index (χ0n) is 40.3. The van der Waals surface area contributed by atoms with Crippen LogP contribution in [0.15, 0.2) is 72.9 Å². The quantitative estimate of drug-likeness (QED) is 0.0212. The summed E-state index contributed by atoms with van der Waals surface area (Å²) in [4.78, 5) is 35.4. The van der Waals surface area contributed by atoms with E-state index in [-0.39, 0.29) is 26.1 Å². The summed E-state index contributed by atoms with van der Waals surface area (Å²) in [5, 5.41) is 0. The van der Waals surface area contributed by atoms with Crippen molar-refractivity contribution in [2.24, 2.45) is 0 Å². The monoisotopic (exact) mass is 891 g/mol. The van der Waals surface area contributed by atoms with Gasteiger partial charge in [-0.1, -0.05) is 170 Å². The SMILES string of the molecule is CC/C=C/C/C=C/C/C=C/C/C=C/CCCCC(=O)OC[C@H](COP(=O)(O)OCC[N+](C)(C)C)OC(=O)CCC/C=C/CC/C=C/CCCCCCCCCCCCCCCC. The number of allylic oxidation sites excluding steroid dienone is 12. The van der Waals surface area contributed by atoms with Crippen molar-refractivity contribution in [1.29, 1.82) is 0 Å². The summed E-state index contributed by atoms with van der Waals surface area (Å²) in [5.74, 6) is -0.900. The van der Waals surface area contributed by atoms with Gasteiger partial charge < -0.3 is 18.9 Å². The molecule has 0 aliphatic carbocycles. The molecule has 0 amide bonds. The molecular weight excluding hydrogens is 798 g/mol. The predicted molar refractivity (Wildman–Crippen MR) is 261 cm³/mol. The third-order valence-electron chi connectivity index (χ3n) is 10.2. The highest BCUT2D eigenvalue weighted by Crippen LogP contribution is 2.43. The Labute approximate surface area is 380 Å². The van der Waals surface area contributed by atoms with E-state index in [2.05, 4.69) is 86.8 Å². The summed E-state index contributed by atoms with van der Waals surface area (Å²) in [7, 11) is 1.42. The van der Waals surface area contributed by atoms with Gasteiger partial charge in [0, 0.05) is 12.8 Å².